The number of rotatable bonds is 3. The van der Waals surface area contributed by atoms with Gasteiger partial charge in [-0.15, -0.1) is 0 Å². The van der Waals surface area contributed by atoms with Crippen LogP contribution in [0.15, 0.2) is 42.5 Å². The second kappa shape index (κ2) is 5.86. The number of nitrogens with zero attached hydrogens (tertiary/aromatic N) is 1. The van der Waals surface area contributed by atoms with E-state index in [1.807, 2.05) is 6.07 Å². The van der Waals surface area contributed by atoms with E-state index in [0.29, 0.717) is 6.54 Å². The number of fused-ring (bicyclic) bond motifs is 1. The Bertz CT molecular complexity index is 610. The Labute approximate surface area is 125 Å². The predicted octanol–water partition coefficient (Wildman–Crippen LogP) is 3.93. The average molecular weight is 287 g/mol. The van der Waals surface area contributed by atoms with Crippen LogP contribution in [0.2, 0.25) is 5.02 Å². The fourth-order valence-corrected chi connectivity index (χ4v) is 3.11. The van der Waals surface area contributed by atoms with E-state index in [9.17, 15) is 0 Å². The fraction of sp³-hybridized carbons (Fsp3) is 0.294. The van der Waals surface area contributed by atoms with Crippen LogP contribution in [0.3, 0.4) is 0 Å². The molecule has 0 amide bonds. The van der Waals surface area contributed by atoms with Crippen molar-refractivity contribution in [2.75, 3.05) is 18.0 Å². The van der Waals surface area contributed by atoms with Crippen molar-refractivity contribution in [1.29, 1.82) is 0 Å². The maximum absolute atomic E-state index is 6.21. The molecule has 0 aliphatic carbocycles. The summed E-state index contributed by atoms with van der Waals surface area (Å²) in [7, 11) is 0. The third kappa shape index (κ3) is 2.54. The van der Waals surface area contributed by atoms with Crippen molar-refractivity contribution in [2.24, 2.45) is 5.73 Å². The smallest absolute Gasteiger partial charge is 0.0458 e. The van der Waals surface area contributed by atoms with E-state index in [1.54, 1.807) is 0 Å². The molecular weight excluding hydrogens is 268 g/mol. The van der Waals surface area contributed by atoms with Crippen LogP contribution in [-0.2, 0) is 12.8 Å². The summed E-state index contributed by atoms with van der Waals surface area (Å²) in [5, 5.41) is 0.781. The van der Waals surface area contributed by atoms with Crippen molar-refractivity contribution in [2.45, 2.75) is 19.3 Å². The highest BCUT2D eigenvalue weighted by molar-refractivity contribution is 6.30. The molecule has 1 aliphatic heterocycles. The number of hydrogen-bond donors (Lipinski definition) is 1. The third-order valence-electron chi connectivity index (χ3n) is 3.86. The van der Waals surface area contributed by atoms with Gasteiger partial charge in [-0.05, 0) is 55.1 Å². The zero-order valence-electron chi connectivity index (χ0n) is 11.5. The first-order valence-corrected chi connectivity index (χ1v) is 7.51. The van der Waals surface area contributed by atoms with Crippen LogP contribution in [-0.4, -0.2) is 13.1 Å². The van der Waals surface area contributed by atoms with Gasteiger partial charge in [0.15, 0.2) is 0 Å². The number of hydrogen-bond acceptors (Lipinski definition) is 2. The second-order valence-electron chi connectivity index (χ2n) is 5.20. The van der Waals surface area contributed by atoms with Crippen molar-refractivity contribution < 1.29 is 0 Å². The highest BCUT2D eigenvalue weighted by Crippen LogP contribution is 2.36. The minimum Gasteiger partial charge on any atom is -0.341 e. The number of nitrogens with two attached hydrogens (primary N) is 1. The first kappa shape index (κ1) is 13.5. The van der Waals surface area contributed by atoms with Crippen LogP contribution in [0, 0.1) is 0 Å². The molecule has 2 aromatic carbocycles. The molecule has 1 heterocycles. The van der Waals surface area contributed by atoms with Gasteiger partial charge >= 0.3 is 0 Å². The molecule has 0 fully saturated rings. The average Bonchev–Trinajstić information content (AvgIpc) is 2.49. The molecule has 1 aliphatic rings. The second-order valence-corrected chi connectivity index (χ2v) is 5.63. The maximum Gasteiger partial charge on any atom is 0.0458 e. The molecule has 0 saturated heterocycles. The van der Waals surface area contributed by atoms with Crippen LogP contribution < -0.4 is 10.6 Å². The number of anilines is 2. The Morgan fingerprint density at radius 2 is 1.95 bits per heavy atom. The minimum absolute atomic E-state index is 0.657. The van der Waals surface area contributed by atoms with E-state index in [2.05, 4.69) is 41.3 Å². The van der Waals surface area contributed by atoms with Gasteiger partial charge in [0.2, 0.25) is 0 Å². The molecular formula is C17H19ClN2. The van der Waals surface area contributed by atoms with Crippen LogP contribution >= 0.6 is 11.6 Å². The van der Waals surface area contributed by atoms with Gasteiger partial charge in [-0.1, -0.05) is 35.9 Å². The lowest BCUT2D eigenvalue weighted by Gasteiger charge is -2.33. The van der Waals surface area contributed by atoms with Gasteiger partial charge in [-0.2, -0.15) is 0 Å². The Morgan fingerprint density at radius 1 is 1.10 bits per heavy atom. The van der Waals surface area contributed by atoms with E-state index < -0.39 is 0 Å². The zero-order chi connectivity index (χ0) is 13.9. The highest BCUT2D eigenvalue weighted by Gasteiger charge is 2.19. The number of para-hydroxylation sites is 1. The lowest BCUT2D eigenvalue weighted by molar-refractivity contribution is 0.763. The van der Waals surface area contributed by atoms with E-state index in [-0.39, 0.29) is 0 Å². The lowest BCUT2D eigenvalue weighted by atomic mass is 9.99. The van der Waals surface area contributed by atoms with Gasteiger partial charge in [0, 0.05) is 22.9 Å². The molecule has 2 aromatic rings. The monoisotopic (exact) mass is 286 g/mol. The molecule has 0 bridgehead atoms. The summed E-state index contributed by atoms with van der Waals surface area (Å²) in [4.78, 5) is 2.38. The number of benzene rings is 2. The molecule has 3 rings (SSSR count). The quantitative estimate of drug-likeness (QED) is 0.926. The summed E-state index contributed by atoms with van der Waals surface area (Å²) in [5.41, 5.74) is 10.9. The van der Waals surface area contributed by atoms with Crippen molar-refractivity contribution in [3.63, 3.8) is 0 Å². The van der Waals surface area contributed by atoms with Crippen LogP contribution in [0.1, 0.15) is 17.5 Å². The van der Waals surface area contributed by atoms with E-state index in [0.717, 1.165) is 24.4 Å². The van der Waals surface area contributed by atoms with Gasteiger partial charge in [0.05, 0.1) is 0 Å². The third-order valence-corrected chi connectivity index (χ3v) is 4.10. The molecule has 0 atom stereocenters. The zero-order valence-corrected chi connectivity index (χ0v) is 12.2. The molecule has 0 saturated carbocycles. The normalized spacial score (nSPS) is 14.2. The van der Waals surface area contributed by atoms with E-state index in [4.69, 9.17) is 17.3 Å². The summed E-state index contributed by atoms with van der Waals surface area (Å²) in [5.74, 6) is 0. The molecule has 0 aromatic heterocycles. The fourth-order valence-electron chi connectivity index (χ4n) is 2.94. The summed E-state index contributed by atoms with van der Waals surface area (Å²) in [6.07, 6.45) is 3.20. The van der Waals surface area contributed by atoms with Crippen molar-refractivity contribution in [1.82, 2.24) is 0 Å². The first-order valence-electron chi connectivity index (χ1n) is 7.13. The maximum atomic E-state index is 6.21. The van der Waals surface area contributed by atoms with E-state index >= 15 is 0 Å². The number of halogens is 1. The Balaban J connectivity index is 2.07. The molecule has 2 N–H and O–H groups in total. The van der Waals surface area contributed by atoms with Gasteiger partial charge in [-0.3, -0.25) is 0 Å². The lowest BCUT2D eigenvalue weighted by Crippen LogP contribution is -2.25. The summed E-state index contributed by atoms with van der Waals surface area (Å²) >= 11 is 6.21. The molecule has 0 unspecified atom stereocenters. The van der Waals surface area contributed by atoms with Crippen molar-refractivity contribution in [3.8, 4) is 0 Å². The first-order chi connectivity index (χ1) is 9.79. The highest BCUT2D eigenvalue weighted by atomic mass is 35.5. The summed E-state index contributed by atoms with van der Waals surface area (Å²) in [6.45, 7) is 1.69. The largest absolute Gasteiger partial charge is 0.341 e. The molecule has 20 heavy (non-hydrogen) atoms. The Hall–Kier alpha value is -1.51. The molecule has 0 radical (unpaired) electrons. The van der Waals surface area contributed by atoms with Gasteiger partial charge < -0.3 is 10.6 Å². The molecule has 3 heteroatoms. The Morgan fingerprint density at radius 3 is 2.80 bits per heavy atom. The van der Waals surface area contributed by atoms with Crippen LogP contribution in [0.5, 0.6) is 0 Å². The topological polar surface area (TPSA) is 29.3 Å². The molecule has 2 nitrogen and oxygen atoms in total. The van der Waals surface area contributed by atoms with E-state index in [1.165, 1.54) is 28.9 Å². The molecule has 104 valence electrons. The summed E-state index contributed by atoms with van der Waals surface area (Å²) in [6, 6.07) is 14.7. The predicted molar refractivity (Wildman–Crippen MR) is 86.0 cm³/mol. The molecule has 0 spiro atoms. The minimum atomic E-state index is 0.657. The van der Waals surface area contributed by atoms with Gasteiger partial charge in [-0.25, -0.2) is 0 Å². The van der Waals surface area contributed by atoms with Crippen molar-refractivity contribution >= 4 is 23.0 Å². The summed E-state index contributed by atoms with van der Waals surface area (Å²) < 4.78 is 0. The Kier molecular flexibility index (Phi) is 3.95. The van der Waals surface area contributed by atoms with Gasteiger partial charge in [0.25, 0.3) is 0 Å². The van der Waals surface area contributed by atoms with Crippen molar-refractivity contribution in [3.05, 3.63) is 58.6 Å². The SMILES string of the molecule is NCCc1ccc(Cl)cc1N1CCCc2ccccc21. The number of aryl methyl sites for hydroxylation is 1. The standard InChI is InChI=1S/C17H19ClN2/c18-15-8-7-14(9-10-19)17(12-15)20-11-3-5-13-4-1-2-6-16(13)20/h1-2,4,6-8,12H,3,5,9-11,19H2. The van der Waals surface area contributed by atoms with Crippen LogP contribution in [0.4, 0.5) is 11.4 Å². The van der Waals surface area contributed by atoms with Gasteiger partial charge in [0.1, 0.15) is 0 Å². The van der Waals surface area contributed by atoms with Crippen LogP contribution in [0.25, 0.3) is 0 Å².